The van der Waals surface area contributed by atoms with Crippen molar-refractivity contribution in [1.29, 1.82) is 0 Å². The van der Waals surface area contributed by atoms with E-state index in [4.69, 9.17) is 0 Å². The van der Waals surface area contributed by atoms with Crippen LogP contribution in [-0.4, -0.2) is 19.0 Å². The largest absolute Gasteiger partial charge is 0.402 e. The molecule has 0 aliphatic carbocycles. The Morgan fingerprint density at radius 2 is 1.24 bits per heavy atom. The summed E-state index contributed by atoms with van der Waals surface area (Å²) >= 11 is 0. The highest BCUT2D eigenvalue weighted by molar-refractivity contribution is 6.10. The highest BCUT2D eigenvalue weighted by Gasteiger charge is 2.15. The predicted molar refractivity (Wildman–Crippen MR) is 73.9 cm³/mol. The maximum atomic E-state index is 9.65. The van der Waals surface area contributed by atoms with Crippen LogP contribution in [0.15, 0.2) is 60.7 Å². The molecule has 0 saturated heterocycles. The minimum Gasteiger partial charge on any atom is -0.402 e. The van der Waals surface area contributed by atoms with Crippen LogP contribution in [0.25, 0.3) is 0 Å². The number of aliphatic hydroxyl groups excluding tert-OH is 1. The second-order valence-electron chi connectivity index (χ2n) is 4.46. The highest BCUT2D eigenvalue weighted by Crippen LogP contribution is 2.28. The minimum absolute atomic E-state index is 0.275. The Hall–Kier alpha value is -1.54. The molecule has 17 heavy (non-hydrogen) atoms. The van der Waals surface area contributed by atoms with Crippen molar-refractivity contribution < 1.29 is 5.11 Å². The summed E-state index contributed by atoms with van der Waals surface area (Å²) in [6.45, 7) is 0. The second-order valence-corrected chi connectivity index (χ2v) is 4.46. The van der Waals surface area contributed by atoms with Gasteiger partial charge in [-0.2, -0.15) is 0 Å². The van der Waals surface area contributed by atoms with Crippen molar-refractivity contribution in [2.45, 2.75) is 18.3 Å². The van der Waals surface area contributed by atoms with Crippen molar-refractivity contribution in [1.82, 2.24) is 0 Å². The van der Waals surface area contributed by atoms with E-state index in [1.165, 1.54) is 11.1 Å². The molecule has 1 nitrogen and oxygen atoms in total. The summed E-state index contributed by atoms with van der Waals surface area (Å²) in [6.07, 6.45) is 0.758. The molecule has 1 N–H and O–H groups in total. The van der Waals surface area contributed by atoms with Crippen LogP contribution in [0.5, 0.6) is 0 Å². The standard InChI is InChI=1S/C15H17BO/c16-15(17)11-14(12-7-3-1-4-8-12)13-9-5-2-6-10-13/h1-10,14-15,17H,11,16H2. The summed E-state index contributed by atoms with van der Waals surface area (Å²) in [6, 6.07) is 20.4. The minimum atomic E-state index is -0.291. The van der Waals surface area contributed by atoms with Crippen molar-refractivity contribution in [3.63, 3.8) is 0 Å². The Kier molecular flexibility index (Phi) is 4.00. The van der Waals surface area contributed by atoms with Gasteiger partial charge in [-0.1, -0.05) is 60.7 Å². The maximum Gasteiger partial charge on any atom is 0.138 e. The first-order valence-electron chi connectivity index (χ1n) is 6.05. The fourth-order valence-electron chi connectivity index (χ4n) is 2.18. The van der Waals surface area contributed by atoms with Crippen LogP contribution in [0.3, 0.4) is 0 Å². The van der Waals surface area contributed by atoms with Crippen molar-refractivity contribution in [3.8, 4) is 0 Å². The van der Waals surface area contributed by atoms with E-state index in [9.17, 15) is 5.11 Å². The van der Waals surface area contributed by atoms with Crippen LogP contribution >= 0.6 is 0 Å². The second kappa shape index (κ2) is 5.69. The van der Waals surface area contributed by atoms with E-state index in [1.807, 2.05) is 44.2 Å². The lowest BCUT2D eigenvalue weighted by molar-refractivity contribution is 0.238. The average Bonchev–Trinajstić information content (AvgIpc) is 2.38. The molecule has 2 aromatic carbocycles. The van der Waals surface area contributed by atoms with Gasteiger partial charge in [0.2, 0.25) is 0 Å². The molecule has 0 bridgehead atoms. The van der Waals surface area contributed by atoms with E-state index in [2.05, 4.69) is 24.3 Å². The Bertz CT molecular complexity index is 399. The fourth-order valence-corrected chi connectivity index (χ4v) is 2.18. The third-order valence-corrected chi connectivity index (χ3v) is 2.98. The summed E-state index contributed by atoms with van der Waals surface area (Å²) in [5.74, 6) is 0.275. The maximum absolute atomic E-state index is 9.65. The van der Waals surface area contributed by atoms with Gasteiger partial charge in [0.1, 0.15) is 7.85 Å². The number of benzene rings is 2. The van der Waals surface area contributed by atoms with Crippen molar-refractivity contribution >= 4 is 7.85 Å². The summed E-state index contributed by atoms with van der Waals surface area (Å²) < 4.78 is 0. The molecule has 0 aromatic heterocycles. The Morgan fingerprint density at radius 3 is 1.59 bits per heavy atom. The van der Waals surface area contributed by atoms with E-state index in [-0.39, 0.29) is 11.9 Å². The lowest BCUT2D eigenvalue weighted by atomic mass is 9.82. The summed E-state index contributed by atoms with van der Waals surface area (Å²) in [4.78, 5) is 0. The zero-order chi connectivity index (χ0) is 12.1. The molecule has 2 heteroatoms. The van der Waals surface area contributed by atoms with E-state index in [0.29, 0.717) is 0 Å². The van der Waals surface area contributed by atoms with Crippen LogP contribution < -0.4 is 0 Å². The van der Waals surface area contributed by atoms with Gasteiger partial charge >= 0.3 is 0 Å². The SMILES string of the molecule is BC(O)CC(c1ccccc1)c1ccccc1. The lowest BCUT2D eigenvalue weighted by Crippen LogP contribution is -2.13. The topological polar surface area (TPSA) is 20.2 Å². The first kappa shape index (κ1) is 11.9. The molecule has 0 heterocycles. The quantitative estimate of drug-likeness (QED) is 0.789. The third-order valence-electron chi connectivity index (χ3n) is 2.98. The predicted octanol–water partition coefficient (Wildman–Crippen LogP) is 2.16. The molecule has 0 fully saturated rings. The summed E-state index contributed by atoms with van der Waals surface area (Å²) in [5.41, 5.74) is 2.53. The monoisotopic (exact) mass is 224 g/mol. The lowest BCUT2D eigenvalue weighted by Gasteiger charge is -2.19. The molecule has 1 atom stereocenters. The van der Waals surface area contributed by atoms with Crippen LogP contribution in [0.4, 0.5) is 0 Å². The molecular formula is C15H17BO. The van der Waals surface area contributed by atoms with Gasteiger partial charge in [-0.3, -0.25) is 0 Å². The Labute approximate surface area is 104 Å². The zero-order valence-corrected chi connectivity index (χ0v) is 10.1. The van der Waals surface area contributed by atoms with Gasteiger partial charge in [-0.15, -0.1) is 0 Å². The molecule has 0 aliphatic rings. The van der Waals surface area contributed by atoms with Crippen LogP contribution in [0.1, 0.15) is 23.5 Å². The third kappa shape index (κ3) is 3.21. The van der Waals surface area contributed by atoms with Crippen molar-refractivity contribution in [2.24, 2.45) is 0 Å². The first-order valence-corrected chi connectivity index (χ1v) is 6.05. The van der Waals surface area contributed by atoms with E-state index >= 15 is 0 Å². The first-order chi connectivity index (χ1) is 8.27. The van der Waals surface area contributed by atoms with E-state index in [1.54, 1.807) is 0 Å². The molecule has 0 radical (unpaired) electrons. The van der Waals surface area contributed by atoms with Crippen molar-refractivity contribution in [3.05, 3.63) is 71.8 Å². The molecule has 0 amide bonds. The van der Waals surface area contributed by atoms with Gasteiger partial charge in [0.15, 0.2) is 0 Å². The van der Waals surface area contributed by atoms with Crippen molar-refractivity contribution in [2.75, 3.05) is 0 Å². The van der Waals surface area contributed by atoms with E-state index in [0.717, 1.165) is 6.42 Å². The van der Waals surface area contributed by atoms with Gasteiger partial charge in [0.25, 0.3) is 0 Å². The normalized spacial score (nSPS) is 12.6. The number of hydrogen-bond acceptors (Lipinski definition) is 1. The van der Waals surface area contributed by atoms with Gasteiger partial charge in [0.05, 0.1) is 0 Å². The van der Waals surface area contributed by atoms with E-state index < -0.39 is 0 Å². The molecule has 0 spiro atoms. The molecule has 2 rings (SSSR count). The van der Waals surface area contributed by atoms with Gasteiger partial charge in [-0.05, 0) is 17.5 Å². The fraction of sp³-hybridized carbons (Fsp3) is 0.200. The van der Waals surface area contributed by atoms with Gasteiger partial charge in [0, 0.05) is 11.9 Å². The van der Waals surface area contributed by atoms with Crippen LogP contribution in [0, 0.1) is 0 Å². The average molecular weight is 224 g/mol. The summed E-state index contributed by atoms with van der Waals surface area (Å²) in [5, 5.41) is 9.65. The van der Waals surface area contributed by atoms with Gasteiger partial charge < -0.3 is 5.11 Å². The molecule has 2 aromatic rings. The number of rotatable bonds is 4. The molecule has 86 valence electrons. The molecular weight excluding hydrogens is 207 g/mol. The van der Waals surface area contributed by atoms with Gasteiger partial charge in [-0.25, -0.2) is 0 Å². The zero-order valence-electron chi connectivity index (χ0n) is 10.1. The Morgan fingerprint density at radius 1 is 0.824 bits per heavy atom. The Balaban J connectivity index is 2.32. The highest BCUT2D eigenvalue weighted by atomic mass is 16.3. The van der Waals surface area contributed by atoms with Crippen LogP contribution in [0.2, 0.25) is 0 Å². The molecule has 0 aliphatic heterocycles. The molecule has 0 saturated carbocycles. The number of hydrogen-bond donors (Lipinski definition) is 1. The number of aliphatic hydroxyl groups is 1. The van der Waals surface area contributed by atoms with Crippen LogP contribution in [-0.2, 0) is 0 Å². The smallest absolute Gasteiger partial charge is 0.138 e. The molecule has 1 unspecified atom stereocenters. The summed E-state index contributed by atoms with van der Waals surface area (Å²) in [7, 11) is 1.85.